The van der Waals surface area contributed by atoms with Crippen LogP contribution < -0.4 is 5.32 Å². The maximum absolute atomic E-state index is 4.54. The number of hydrogen-bond acceptors (Lipinski definition) is 2. The average molecular weight is 279 g/mol. The van der Waals surface area contributed by atoms with Crippen LogP contribution in [-0.4, -0.2) is 13.7 Å². The second kappa shape index (κ2) is 8.08. The smallest absolute Gasteiger partial charge is 0.0463 e. The van der Waals surface area contributed by atoms with Crippen molar-refractivity contribution in [3.63, 3.8) is 0 Å². The third-order valence-electron chi connectivity index (χ3n) is 3.13. The van der Waals surface area contributed by atoms with Crippen LogP contribution in [0, 0.1) is 0 Å². The van der Waals surface area contributed by atoms with E-state index in [1.54, 1.807) is 7.11 Å². The predicted molar refractivity (Wildman–Crippen MR) is 91.2 cm³/mol. The SMILES string of the molecule is CCOC.c1ccc(Nc2cccc3ccccc23)cc1. The van der Waals surface area contributed by atoms with Gasteiger partial charge in [-0.1, -0.05) is 54.6 Å². The highest BCUT2D eigenvalue weighted by Crippen LogP contribution is 2.25. The number of fused-ring (bicyclic) bond motifs is 1. The lowest BCUT2D eigenvalue weighted by molar-refractivity contribution is 0.215. The summed E-state index contributed by atoms with van der Waals surface area (Å²) in [5.74, 6) is 0. The van der Waals surface area contributed by atoms with Gasteiger partial charge in [0.25, 0.3) is 0 Å². The fourth-order valence-corrected chi connectivity index (χ4v) is 2.01. The number of para-hydroxylation sites is 1. The summed E-state index contributed by atoms with van der Waals surface area (Å²) in [6.07, 6.45) is 0. The van der Waals surface area contributed by atoms with E-state index in [0.29, 0.717) is 0 Å². The minimum Gasteiger partial charge on any atom is -0.385 e. The van der Waals surface area contributed by atoms with Gasteiger partial charge in [-0.2, -0.15) is 0 Å². The van der Waals surface area contributed by atoms with Gasteiger partial charge in [-0.05, 0) is 30.5 Å². The molecule has 2 heteroatoms. The zero-order valence-corrected chi connectivity index (χ0v) is 12.5. The summed E-state index contributed by atoms with van der Waals surface area (Å²) in [4.78, 5) is 0. The zero-order valence-electron chi connectivity index (χ0n) is 12.5. The molecule has 3 aromatic carbocycles. The molecule has 0 saturated heterocycles. The van der Waals surface area contributed by atoms with E-state index in [-0.39, 0.29) is 0 Å². The summed E-state index contributed by atoms with van der Waals surface area (Å²) < 4.78 is 4.54. The fraction of sp³-hybridized carbons (Fsp3) is 0.158. The van der Waals surface area contributed by atoms with E-state index in [4.69, 9.17) is 0 Å². The standard InChI is InChI=1S/C16H13N.C3H8O/c1-2-9-14(10-3-1)17-16-12-6-8-13-7-4-5-11-15(13)16;1-3-4-2/h1-12,17H;3H2,1-2H3. The van der Waals surface area contributed by atoms with Crippen molar-refractivity contribution >= 4 is 22.1 Å². The summed E-state index contributed by atoms with van der Waals surface area (Å²) in [7, 11) is 1.68. The molecule has 0 saturated carbocycles. The van der Waals surface area contributed by atoms with E-state index < -0.39 is 0 Å². The Morgan fingerprint density at radius 1 is 0.810 bits per heavy atom. The van der Waals surface area contributed by atoms with Crippen molar-refractivity contribution in [2.45, 2.75) is 6.92 Å². The third kappa shape index (κ3) is 4.33. The highest BCUT2D eigenvalue weighted by molar-refractivity contribution is 5.95. The van der Waals surface area contributed by atoms with Gasteiger partial charge in [0.05, 0.1) is 0 Å². The molecule has 0 aromatic heterocycles. The molecular formula is C19H21NO. The maximum atomic E-state index is 4.54. The molecule has 1 N–H and O–H groups in total. The number of hydrogen-bond donors (Lipinski definition) is 1. The zero-order chi connectivity index (χ0) is 14.9. The molecule has 0 bridgehead atoms. The van der Waals surface area contributed by atoms with Gasteiger partial charge >= 0.3 is 0 Å². The Bertz CT molecular complexity index is 657. The van der Waals surface area contributed by atoms with Gasteiger partial charge in [0.1, 0.15) is 0 Å². The molecule has 0 amide bonds. The Labute approximate surface area is 126 Å². The predicted octanol–water partition coefficient (Wildman–Crippen LogP) is 5.24. The Hall–Kier alpha value is -2.32. The number of nitrogens with one attached hydrogen (secondary N) is 1. The lowest BCUT2D eigenvalue weighted by Gasteiger charge is -2.09. The first-order valence-corrected chi connectivity index (χ1v) is 7.14. The Morgan fingerprint density at radius 2 is 1.43 bits per heavy atom. The van der Waals surface area contributed by atoms with Crippen molar-refractivity contribution < 1.29 is 4.74 Å². The van der Waals surface area contributed by atoms with Gasteiger partial charge in [0.15, 0.2) is 0 Å². The Balaban J connectivity index is 0.000000361. The minimum absolute atomic E-state index is 0.819. The van der Waals surface area contributed by atoms with Crippen LogP contribution in [0.25, 0.3) is 10.8 Å². The van der Waals surface area contributed by atoms with Gasteiger partial charge in [0, 0.05) is 30.5 Å². The molecule has 3 rings (SSSR count). The van der Waals surface area contributed by atoms with Crippen molar-refractivity contribution in [1.29, 1.82) is 0 Å². The molecule has 0 spiro atoms. The molecule has 0 radical (unpaired) electrons. The van der Waals surface area contributed by atoms with Crippen molar-refractivity contribution in [2.24, 2.45) is 0 Å². The van der Waals surface area contributed by atoms with Crippen LogP contribution in [0.1, 0.15) is 6.92 Å². The molecule has 21 heavy (non-hydrogen) atoms. The second-order valence-corrected chi connectivity index (χ2v) is 4.60. The molecule has 0 heterocycles. The van der Waals surface area contributed by atoms with E-state index in [1.165, 1.54) is 10.8 Å². The van der Waals surface area contributed by atoms with Gasteiger partial charge in [-0.25, -0.2) is 0 Å². The highest BCUT2D eigenvalue weighted by atomic mass is 16.5. The van der Waals surface area contributed by atoms with Crippen LogP contribution in [0.3, 0.4) is 0 Å². The summed E-state index contributed by atoms with van der Waals surface area (Å²) in [6.45, 7) is 2.78. The molecule has 3 aromatic rings. The van der Waals surface area contributed by atoms with Gasteiger partial charge < -0.3 is 10.1 Å². The lowest BCUT2D eigenvalue weighted by atomic mass is 10.1. The summed E-state index contributed by atoms with van der Waals surface area (Å²) >= 11 is 0. The van der Waals surface area contributed by atoms with Crippen LogP contribution in [0.15, 0.2) is 72.8 Å². The monoisotopic (exact) mass is 279 g/mol. The molecule has 0 fully saturated rings. The first kappa shape index (κ1) is 15.1. The summed E-state index contributed by atoms with van der Waals surface area (Å²) in [5, 5.41) is 5.95. The third-order valence-corrected chi connectivity index (χ3v) is 3.13. The number of methoxy groups -OCH3 is 1. The van der Waals surface area contributed by atoms with Gasteiger partial charge in [-0.3, -0.25) is 0 Å². The minimum atomic E-state index is 0.819. The molecular weight excluding hydrogens is 258 g/mol. The summed E-state index contributed by atoms with van der Waals surface area (Å²) in [5.41, 5.74) is 2.26. The van der Waals surface area contributed by atoms with Gasteiger partial charge in [-0.15, -0.1) is 0 Å². The summed E-state index contributed by atoms with van der Waals surface area (Å²) in [6, 6.07) is 25.0. The molecule has 108 valence electrons. The van der Waals surface area contributed by atoms with E-state index in [1.807, 2.05) is 25.1 Å². The fourth-order valence-electron chi connectivity index (χ4n) is 2.01. The average Bonchev–Trinajstić information content (AvgIpc) is 2.56. The number of rotatable bonds is 3. The first-order chi connectivity index (χ1) is 10.3. The molecule has 0 atom stereocenters. The number of benzene rings is 3. The van der Waals surface area contributed by atoms with Gasteiger partial charge in [0.2, 0.25) is 0 Å². The van der Waals surface area contributed by atoms with Crippen LogP contribution >= 0.6 is 0 Å². The van der Waals surface area contributed by atoms with Crippen LogP contribution in [0.2, 0.25) is 0 Å². The van der Waals surface area contributed by atoms with E-state index in [9.17, 15) is 0 Å². The van der Waals surface area contributed by atoms with Crippen LogP contribution in [-0.2, 0) is 4.74 Å². The second-order valence-electron chi connectivity index (χ2n) is 4.60. The van der Waals surface area contributed by atoms with E-state index >= 15 is 0 Å². The van der Waals surface area contributed by atoms with E-state index in [0.717, 1.165) is 18.0 Å². The van der Waals surface area contributed by atoms with E-state index in [2.05, 4.69) is 64.7 Å². The highest BCUT2D eigenvalue weighted by Gasteiger charge is 1.99. The Morgan fingerprint density at radius 3 is 2.14 bits per heavy atom. The maximum Gasteiger partial charge on any atom is 0.0463 e. The lowest BCUT2D eigenvalue weighted by Crippen LogP contribution is -1.90. The van der Waals surface area contributed by atoms with Crippen molar-refractivity contribution in [2.75, 3.05) is 19.0 Å². The quantitative estimate of drug-likeness (QED) is 0.708. The first-order valence-electron chi connectivity index (χ1n) is 7.14. The van der Waals surface area contributed by atoms with Crippen LogP contribution in [0.5, 0.6) is 0 Å². The molecule has 0 aliphatic rings. The topological polar surface area (TPSA) is 21.3 Å². The normalized spacial score (nSPS) is 9.81. The largest absolute Gasteiger partial charge is 0.385 e. The van der Waals surface area contributed by atoms with Crippen molar-refractivity contribution in [3.8, 4) is 0 Å². The number of ether oxygens (including phenoxy) is 1. The van der Waals surface area contributed by atoms with Crippen LogP contribution in [0.4, 0.5) is 11.4 Å². The molecule has 2 nitrogen and oxygen atoms in total. The number of anilines is 2. The van der Waals surface area contributed by atoms with Crippen molar-refractivity contribution in [1.82, 2.24) is 0 Å². The molecule has 0 aliphatic heterocycles. The van der Waals surface area contributed by atoms with Crippen molar-refractivity contribution in [3.05, 3.63) is 72.8 Å². The molecule has 0 unspecified atom stereocenters. The molecule has 0 aliphatic carbocycles. The Kier molecular flexibility index (Phi) is 5.80.